The number of benzene rings is 1. The van der Waals surface area contributed by atoms with E-state index in [1.807, 2.05) is 24.3 Å². The standard InChI is InChI=1S/C10H12IN3/c11-7-1-3-8(4-2-7)13-10(12)14-9-5-6-9/h1-4,9H,5-6H2,(H3,12,13,14). The highest BCUT2D eigenvalue weighted by Gasteiger charge is 2.20. The summed E-state index contributed by atoms with van der Waals surface area (Å²) >= 11 is 2.27. The number of hydrogen-bond donors (Lipinski definition) is 2. The average molecular weight is 301 g/mol. The van der Waals surface area contributed by atoms with Crippen LogP contribution in [0.15, 0.2) is 29.3 Å². The van der Waals surface area contributed by atoms with Gasteiger partial charge < -0.3 is 11.1 Å². The Kier molecular flexibility index (Phi) is 2.90. The molecule has 4 heteroatoms. The molecule has 3 N–H and O–H groups in total. The van der Waals surface area contributed by atoms with Gasteiger partial charge in [-0.3, -0.25) is 0 Å². The van der Waals surface area contributed by atoms with Crippen LogP contribution < -0.4 is 11.1 Å². The van der Waals surface area contributed by atoms with E-state index in [0.717, 1.165) is 5.69 Å². The molecule has 2 rings (SSSR count). The van der Waals surface area contributed by atoms with Gasteiger partial charge in [0.05, 0.1) is 6.04 Å². The third-order valence-corrected chi connectivity index (χ3v) is 2.70. The van der Waals surface area contributed by atoms with Crippen LogP contribution in [0.3, 0.4) is 0 Å². The normalized spacial score (nSPS) is 16.8. The van der Waals surface area contributed by atoms with Gasteiger partial charge in [-0.05, 0) is 59.7 Å². The lowest BCUT2D eigenvalue weighted by Gasteiger charge is -2.04. The van der Waals surface area contributed by atoms with Gasteiger partial charge in [0.15, 0.2) is 5.96 Å². The summed E-state index contributed by atoms with van der Waals surface area (Å²) in [6.45, 7) is 0. The number of nitrogens with zero attached hydrogens (tertiary/aromatic N) is 1. The van der Waals surface area contributed by atoms with E-state index >= 15 is 0 Å². The summed E-state index contributed by atoms with van der Waals surface area (Å²) in [7, 11) is 0. The largest absolute Gasteiger partial charge is 0.370 e. The number of nitrogens with one attached hydrogen (secondary N) is 1. The first-order valence-electron chi connectivity index (χ1n) is 4.60. The minimum Gasteiger partial charge on any atom is -0.370 e. The van der Waals surface area contributed by atoms with Gasteiger partial charge in [-0.2, -0.15) is 0 Å². The van der Waals surface area contributed by atoms with E-state index in [2.05, 4.69) is 32.9 Å². The quantitative estimate of drug-likeness (QED) is 0.500. The maximum atomic E-state index is 5.72. The summed E-state index contributed by atoms with van der Waals surface area (Å²) < 4.78 is 1.21. The molecule has 0 radical (unpaired) electrons. The summed E-state index contributed by atoms with van der Waals surface area (Å²) in [6, 6.07) is 8.53. The third-order valence-electron chi connectivity index (χ3n) is 1.99. The van der Waals surface area contributed by atoms with Crippen LogP contribution in [0.2, 0.25) is 0 Å². The van der Waals surface area contributed by atoms with Crippen molar-refractivity contribution in [1.82, 2.24) is 0 Å². The number of aliphatic imine (C=N–C) groups is 1. The van der Waals surface area contributed by atoms with E-state index < -0.39 is 0 Å². The Labute approximate surface area is 96.9 Å². The average Bonchev–Trinajstić information content (AvgIpc) is 2.93. The van der Waals surface area contributed by atoms with E-state index in [1.54, 1.807) is 0 Å². The van der Waals surface area contributed by atoms with Crippen molar-refractivity contribution in [3.8, 4) is 0 Å². The molecule has 1 fully saturated rings. The predicted molar refractivity (Wildman–Crippen MR) is 67.4 cm³/mol. The molecule has 0 bridgehead atoms. The van der Waals surface area contributed by atoms with Crippen molar-refractivity contribution in [3.63, 3.8) is 0 Å². The zero-order valence-corrected chi connectivity index (χ0v) is 9.86. The summed E-state index contributed by atoms with van der Waals surface area (Å²) in [5, 5.41) is 3.06. The topological polar surface area (TPSA) is 50.4 Å². The Balaban J connectivity index is 1.99. The molecule has 74 valence electrons. The SMILES string of the molecule is NC(=NC1CC1)Nc1ccc(I)cc1. The van der Waals surface area contributed by atoms with Gasteiger partial charge in [-0.25, -0.2) is 4.99 Å². The van der Waals surface area contributed by atoms with E-state index in [-0.39, 0.29) is 0 Å². The highest BCUT2D eigenvalue weighted by Crippen LogP contribution is 2.23. The first-order valence-corrected chi connectivity index (χ1v) is 5.68. The first kappa shape index (κ1) is 9.76. The van der Waals surface area contributed by atoms with Crippen LogP contribution in [-0.4, -0.2) is 12.0 Å². The predicted octanol–water partition coefficient (Wildman–Crippen LogP) is 2.18. The molecule has 0 aliphatic heterocycles. The molecule has 0 heterocycles. The lowest BCUT2D eigenvalue weighted by molar-refractivity contribution is 1.06. The van der Waals surface area contributed by atoms with E-state index in [9.17, 15) is 0 Å². The first-order chi connectivity index (χ1) is 6.74. The number of guanidine groups is 1. The fraction of sp³-hybridized carbons (Fsp3) is 0.300. The number of rotatable bonds is 2. The van der Waals surface area contributed by atoms with Crippen molar-refractivity contribution in [2.75, 3.05) is 5.32 Å². The van der Waals surface area contributed by atoms with Crippen molar-refractivity contribution >= 4 is 34.2 Å². The van der Waals surface area contributed by atoms with Crippen LogP contribution in [0.1, 0.15) is 12.8 Å². The molecule has 0 saturated heterocycles. The fourth-order valence-corrected chi connectivity index (χ4v) is 1.47. The molecule has 0 atom stereocenters. The Hall–Kier alpha value is -0.780. The van der Waals surface area contributed by atoms with Crippen molar-refractivity contribution < 1.29 is 0 Å². The summed E-state index contributed by atoms with van der Waals surface area (Å²) in [6.07, 6.45) is 2.35. The van der Waals surface area contributed by atoms with E-state index in [1.165, 1.54) is 16.4 Å². The Morgan fingerprint density at radius 1 is 1.36 bits per heavy atom. The molecule has 0 unspecified atom stereocenters. The molecule has 0 aromatic heterocycles. The second-order valence-corrected chi connectivity index (χ2v) is 4.62. The third kappa shape index (κ3) is 2.87. The highest BCUT2D eigenvalue weighted by molar-refractivity contribution is 14.1. The molecule has 0 amide bonds. The van der Waals surface area contributed by atoms with Gasteiger partial charge in [0.25, 0.3) is 0 Å². The van der Waals surface area contributed by atoms with Crippen LogP contribution in [-0.2, 0) is 0 Å². The maximum absolute atomic E-state index is 5.72. The Bertz CT molecular complexity index is 341. The minimum absolute atomic E-state index is 0.464. The number of nitrogens with two attached hydrogens (primary N) is 1. The molecule has 3 nitrogen and oxygen atoms in total. The molecule has 1 saturated carbocycles. The second-order valence-electron chi connectivity index (χ2n) is 3.38. The van der Waals surface area contributed by atoms with Crippen molar-refractivity contribution in [1.29, 1.82) is 0 Å². The summed E-state index contributed by atoms with van der Waals surface area (Å²) in [5.74, 6) is 0.522. The number of halogens is 1. The van der Waals surface area contributed by atoms with Crippen molar-refractivity contribution in [2.45, 2.75) is 18.9 Å². The van der Waals surface area contributed by atoms with Gasteiger partial charge in [0.2, 0.25) is 0 Å². The van der Waals surface area contributed by atoms with Gasteiger partial charge >= 0.3 is 0 Å². The van der Waals surface area contributed by atoms with Crippen LogP contribution in [0, 0.1) is 3.57 Å². The lowest BCUT2D eigenvalue weighted by Crippen LogP contribution is -2.22. The smallest absolute Gasteiger partial charge is 0.193 e. The van der Waals surface area contributed by atoms with Crippen LogP contribution in [0.4, 0.5) is 5.69 Å². The lowest BCUT2D eigenvalue weighted by atomic mass is 10.3. The molecule has 0 spiro atoms. The molecular weight excluding hydrogens is 289 g/mol. The zero-order chi connectivity index (χ0) is 9.97. The van der Waals surface area contributed by atoms with E-state index in [4.69, 9.17) is 5.73 Å². The fourth-order valence-electron chi connectivity index (χ4n) is 1.11. The monoisotopic (exact) mass is 301 g/mol. The highest BCUT2D eigenvalue weighted by atomic mass is 127. The van der Waals surface area contributed by atoms with Gasteiger partial charge in [-0.15, -0.1) is 0 Å². The molecule has 1 aromatic carbocycles. The molecule has 14 heavy (non-hydrogen) atoms. The van der Waals surface area contributed by atoms with Crippen molar-refractivity contribution in [2.24, 2.45) is 10.7 Å². The number of hydrogen-bond acceptors (Lipinski definition) is 1. The summed E-state index contributed by atoms with van der Waals surface area (Å²) in [4.78, 5) is 4.29. The summed E-state index contributed by atoms with van der Waals surface area (Å²) in [5.41, 5.74) is 6.71. The molecular formula is C10H12IN3. The van der Waals surface area contributed by atoms with E-state index in [0.29, 0.717) is 12.0 Å². The van der Waals surface area contributed by atoms with Gasteiger partial charge in [0, 0.05) is 9.26 Å². The molecule has 1 aliphatic carbocycles. The van der Waals surface area contributed by atoms with Gasteiger partial charge in [0.1, 0.15) is 0 Å². The minimum atomic E-state index is 0.464. The molecule has 1 aliphatic rings. The maximum Gasteiger partial charge on any atom is 0.193 e. The van der Waals surface area contributed by atoms with Crippen LogP contribution >= 0.6 is 22.6 Å². The van der Waals surface area contributed by atoms with Crippen LogP contribution in [0.5, 0.6) is 0 Å². The Morgan fingerprint density at radius 2 is 2.00 bits per heavy atom. The second kappa shape index (κ2) is 4.16. The van der Waals surface area contributed by atoms with Crippen molar-refractivity contribution in [3.05, 3.63) is 27.8 Å². The zero-order valence-electron chi connectivity index (χ0n) is 7.70. The molecule has 1 aromatic rings. The number of anilines is 1. The Morgan fingerprint density at radius 3 is 2.57 bits per heavy atom. The van der Waals surface area contributed by atoms with Crippen LogP contribution in [0.25, 0.3) is 0 Å². The van der Waals surface area contributed by atoms with Gasteiger partial charge in [-0.1, -0.05) is 0 Å².